The summed E-state index contributed by atoms with van der Waals surface area (Å²) in [4.78, 5) is 2.10. The van der Waals surface area contributed by atoms with Gasteiger partial charge in [-0.15, -0.1) is 0 Å². The van der Waals surface area contributed by atoms with Crippen LogP contribution in [0, 0.1) is 4.77 Å². The second-order valence-electron chi connectivity index (χ2n) is 5.11. The second kappa shape index (κ2) is 7.53. The van der Waals surface area contributed by atoms with Crippen LogP contribution in [0.2, 0.25) is 0 Å². The van der Waals surface area contributed by atoms with Crippen molar-refractivity contribution in [3.05, 3.63) is 40.4 Å². The predicted molar refractivity (Wildman–Crippen MR) is 87.0 cm³/mol. The Morgan fingerprint density at radius 1 is 1.36 bits per heavy atom. The van der Waals surface area contributed by atoms with Crippen molar-refractivity contribution in [1.82, 2.24) is 19.2 Å². The van der Waals surface area contributed by atoms with E-state index in [2.05, 4.69) is 16.1 Å². The van der Waals surface area contributed by atoms with E-state index in [0.29, 0.717) is 23.9 Å². The second-order valence-corrected chi connectivity index (χ2v) is 5.48. The Kier molecular flexibility index (Phi) is 5.70. The summed E-state index contributed by atoms with van der Waals surface area (Å²) < 4.78 is 9.67. The largest absolute Gasteiger partial charge is 0.494 e. The first-order valence-corrected chi connectivity index (χ1v) is 7.60. The summed E-state index contributed by atoms with van der Waals surface area (Å²) in [7, 11) is 3.81. The minimum atomic E-state index is -0.121. The highest BCUT2D eigenvalue weighted by Gasteiger charge is 2.10. The third-order valence-corrected chi connectivity index (χ3v) is 3.85. The minimum Gasteiger partial charge on any atom is -0.494 e. The fourth-order valence-electron chi connectivity index (χ4n) is 2.26. The monoisotopic (exact) mass is 322 g/mol. The lowest BCUT2D eigenvalue weighted by Gasteiger charge is -2.18. The van der Waals surface area contributed by atoms with Gasteiger partial charge in [-0.1, -0.05) is 18.2 Å². The number of aliphatic hydroxyl groups excluding tert-OH is 1. The van der Waals surface area contributed by atoms with Gasteiger partial charge in [0.1, 0.15) is 12.4 Å². The van der Waals surface area contributed by atoms with E-state index < -0.39 is 0 Å². The van der Waals surface area contributed by atoms with E-state index in [4.69, 9.17) is 17.0 Å². The van der Waals surface area contributed by atoms with E-state index in [-0.39, 0.29) is 6.61 Å². The zero-order chi connectivity index (χ0) is 16.1. The average Bonchev–Trinajstić information content (AvgIpc) is 2.77. The van der Waals surface area contributed by atoms with Crippen LogP contribution in [0.15, 0.2) is 24.3 Å². The highest BCUT2D eigenvalue weighted by molar-refractivity contribution is 7.71. The van der Waals surface area contributed by atoms with Crippen LogP contribution in [0.1, 0.15) is 18.3 Å². The number of para-hydroxylation sites is 1. The van der Waals surface area contributed by atoms with E-state index >= 15 is 0 Å². The van der Waals surface area contributed by atoms with Crippen molar-refractivity contribution in [3.63, 3.8) is 0 Å². The lowest BCUT2D eigenvalue weighted by atomic mass is 10.2. The molecule has 0 aliphatic carbocycles. The molecule has 6 nitrogen and oxygen atoms in total. The molecule has 0 bridgehead atoms. The normalized spacial score (nSPS) is 11.1. The van der Waals surface area contributed by atoms with Gasteiger partial charge >= 0.3 is 0 Å². The molecule has 1 heterocycles. The van der Waals surface area contributed by atoms with E-state index in [9.17, 15) is 5.11 Å². The highest BCUT2D eigenvalue weighted by Crippen LogP contribution is 2.19. The van der Waals surface area contributed by atoms with Gasteiger partial charge in [0, 0.05) is 19.2 Å². The molecule has 1 N–H and O–H groups in total. The van der Waals surface area contributed by atoms with Crippen LogP contribution in [0.4, 0.5) is 0 Å². The molecule has 0 spiro atoms. The Hall–Kier alpha value is -1.70. The third kappa shape index (κ3) is 3.73. The molecule has 0 unspecified atom stereocenters. The molecule has 120 valence electrons. The van der Waals surface area contributed by atoms with Crippen LogP contribution in [0.5, 0.6) is 5.75 Å². The number of aromatic nitrogens is 3. The molecule has 7 heteroatoms. The first-order chi connectivity index (χ1) is 10.6. The summed E-state index contributed by atoms with van der Waals surface area (Å²) in [5, 5.41) is 13.6. The fourth-order valence-corrected chi connectivity index (χ4v) is 2.47. The van der Waals surface area contributed by atoms with E-state index in [0.717, 1.165) is 17.9 Å². The zero-order valence-corrected chi connectivity index (χ0v) is 14.0. The van der Waals surface area contributed by atoms with Crippen molar-refractivity contribution in [2.24, 2.45) is 7.05 Å². The van der Waals surface area contributed by atoms with Crippen molar-refractivity contribution in [2.45, 2.75) is 26.7 Å². The maximum Gasteiger partial charge on any atom is 0.198 e. The number of hydrogen-bond donors (Lipinski definition) is 1. The summed E-state index contributed by atoms with van der Waals surface area (Å²) in [5.74, 6) is 1.46. The van der Waals surface area contributed by atoms with Gasteiger partial charge in [-0.2, -0.15) is 5.10 Å². The van der Waals surface area contributed by atoms with Gasteiger partial charge in [-0.05, 0) is 32.3 Å². The highest BCUT2D eigenvalue weighted by atomic mass is 32.1. The summed E-state index contributed by atoms with van der Waals surface area (Å²) >= 11 is 5.33. The maximum atomic E-state index is 9.25. The molecule has 0 saturated carbocycles. The van der Waals surface area contributed by atoms with Gasteiger partial charge < -0.3 is 14.4 Å². The Morgan fingerprint density at radius 3 is 2.73 bits per heavy atom. The molecule has 0 atom stereocenters. The molecule has 2 aromatic rings. The summed E-state index contributed by atoms with van der Waals surface area (Å²) in [6.07, 6.45) is 0. The average molecular weight is 322 g/mol. The molecule has 1 aromatic heterocycles. The molecule has 0 saturated heterocycles. The molecule has 0 aliphatic heterocycles. The van der Waals surface area contributed by atoms with Gasteiger partial charge in [0.25, 0.3) is 0 Å². The van der Waals surface area contributed by atoms with Crippen LogP contribution in [0.3, 0.4) is 0 Å². The summed E-state index contributed by atoms with van der Waals surface area (Å²) in [5.41, 5.74) is 1.12. The number of benzene rings is 1. The van der Waals surface area contributed by atoms with Crippen molar-refractivity contribution in [3.8, 4) is 5.75 Å². The smallest absolute Gasteiger partial charge is 0.198 e. The number of rotatable bonds is 7. The number of nitrogens with zero attached hydrogens (tertiary/aromatic N) is 4. The van der Waals surface area contributed by atoms with Crippen molar-refractivity contribution in [1.29, 1.82) is 0 Å². The zero-order valence-electron chi connectivity index (χ0n) is 13.2. The van der Waals surface area contributed by atoms with Gasteiger partial charge in [-0.25, -0.2) is 4.68 Å². The minimum absolute atomic E-state index is 0.121. The maximum absolute atomic E-state index is 9.25. The molecule has 0 aliphatic rings. The van der Waals surface area contributed by atoms with E-state index in [1.807, 2.05) is 39.2 Å². The predicted octanol–water partition coefficient (Wildman–Crippen LogP) is 1.93. The van der Waals surface area contributed by atoms with Gasteiger partial charge in [0.15, 0.2) is 10.6 Å². The van der Waals surface area contributed by atoms with Crippen molar-refractivity contribution in [2.75, 3.05) is 13.7 Å². The first kappa shape index (κ1) is 16.7. The lowest BCUT2D eigenvalue weighted by molar-refractivity contribution is 0.233. The van der Waals surface area contributed by atoms with E-state index in [1.54, 1.807) is 9.25 Å². The molecule has 0 amide bonds. The van der Waals surface area contributed by atoms with Gasteiger partial charge in [-0.3, -0.25) is 4.90 Å². The summed E-state index contributed by atoms with van der Waals surface area (Å²) in [6, 6.07) is 8.00. The molecule has 22 heavy (non-hydrogen) atoms. The molecule has 0 radical (unpaired) electrons. The van der Waals surface area contributed by atoms with Crippen LogP contribution >= 0.6 is 12.2 Å². The quantitative estimate of drug-likeness (QED) is 0.790. The lowest BCUT2D eigenvalue weighted by Crippen LogP contribution is -2.23. The Morgan fingerprint density at radius 2 is 2.09 bits per heavy atom. The fraction of sp³-hybridized carbons (Fsp3) is 0.467. The third-order valence-electron chi connectivity index (χ3n) is 3.36. The Labute approximate surface area is 135 Å². The Balaban J connectivity index is 2.11. The molecule has 2 rings (SSSR count). The molecule has 1 aromatic carbocycles. The topological polar surface area (TPSA) is 55.4 Å². The molecular formula is C15H22N4O2S. The van der Waals surface area contributed by atoms with Crippen molar-refractivity contribution < 1.29 is 9.84 Å². The molecule has 0 fully saturated rings. The Bertz CT molecular complexity index is 680. The van der Waals surface area contributed by atoms with Crippen LogP contribution in [-0.4, -0.2) is 38.0 Å². The van der Waals surface area contributed by atoms with Crippen LogP contribution in [-0.2, 0) is 26.9 Å². The molecular weight excluding hydrogens is 300 g/mol. The van der Waals surface area contributed by atoms with Gasteiger partial charge in [0.05, 0.1) is 13.3 Å². The first-order valence-electron chi connectivity index (χ1n) is 7.19. The number of hydrogen-bond acceptors (Lipinski definition) is 5. The van der Waals surface area contributed by atoms with E-state index in [1.165, 1.54) is 0 Å². The van der Waals surface area contributed by atoms with Crippen LogP contribution < -0.4 is 4.74 Å². The van der Waals surface area contributed by atoms with Gasteiger partial charge in [0.2, 0.25) is 0 Å². The number of ether oxygens (including phenoxy) is 1. The van der Waals surface area contributed by atoms with Crippen LogP contribution in [0.25, 0.3) is 0 Å². The SMILES string of the molecule is CCOc1ccccc1CN(C)Cn1nc(CO)n(C)c1=S. The van der Waals surface area contributed by atoms with Crippen molar-refractivity contribution >= 4 is 12.2 Å². The number of aliphatic hydroxyl groups is 1. The standard InChI is InChI=1S/C15H22N4O2S/c1-4-21-13-8-6-5-7-12(13)9-17(2)11-19-15(22)18(3)14(10-20)16-19/h5-8,20H,4,9-11H2,1-3H3. The summed E-state index contributed by atoms with van der Waals surface area (Å²) in [6.45, 7) is 3.77.